The molecule has 36 heavy (non-hydrogen) atoms. The van der Waals surface area contributed by atoms with Crippen LogP contribution in [0.15, 0.2) is 0 Å². The molecule has 0 aromatic rings. The minimum atomic E-state index is 0.0470. The van der Waals surface area contributed by atoms with Gasteiger partial charge in [0.25, 0.3) is 0 Å². The van der Waals surface area contributed by atoms with Crippen LogP contribution in [0.1, 0.15) is 195 Å². The van der Waals surface area contributed by atoms with Crippen LogP contribution >= 0.6 is 0 Å². The van der Waals surface area contributed by atoms with Crippen molar-refractivity contribution >= 4 is 5.97 Å². The Morgan fingerprint density at radius 3 is 1.22 bits per heavy atom. The largest absolute Gasteiger partial charge is 0.465 e. The highest BCUT2D eigenvalue weighted by molar-refractivity contribution is 5.71. The first-order valence-electron chi connectivity index (χ1n) is 16.8. The average Bonchev–Trinajstić information content (AvgIpc) is 2.89. The highest BCUT2D eigenvalue weighted by atomic mass is 16.5. The van der Waals surface area contributed by atoms with Crippen LogP contribution in [-0.4, -0.2) is 12.6 Å². The lowest BCUT2D eigenvalue weighted by molar-refractivity contribution is -0.149. The summed E-state index contributed by atoms with van der Waals surface area (Å²) >= 11 is 0. The Balaban J connectivity index is 3.71. The molecule has 0 saturated heterocycles. The minimum absolute atomic E-state index is 0.0470. The van der Waals surface area contributed by atoms with Crippen LogP contribution < -0.4 is 0 Å². The van der Waals surface area contributed by atoms with Gasteiger partial charge < -0.3 is 4.74 Å². The molecule has 0 aliphatic carbocycles. The van der Waals surface area contributed by atoms with Gasteiger partial charge in [-0.2, -0.15) is 0 Å². The van der Waals surface area contributed by atoms with Gasteiger partial charge in [-0.05, 0) is 25.2 Å². The number of ether oxygens (including phenoxy) is 1. The van der Waals surface area contributed by atoms with Crippen LogP contribution in [0.3, 0.4) is 0 Å². The summed E-state index contributed by atoms with van der Waals surface area (Å²) in [7, 11) is 0. The molecule has 2 unspecified atom stereocenters. The Morgan fingerprint density at radius 2 is 0.806 bits per heavy atom. The second-order valence-electron chi connectivity index (χ2n) is 11.8. The molecule has 2 heteroatoms. The molecule has 0 bridgehead atoms. The fourth-order valence-corrected chi connectivity index (χ4v) is 5.30. The molecule has 2 atom stereocenters. The molecular formula is C34H68O2. The maximum absolute atomic E-state index is 12.5. The van der Waals surface area contributed by atoms with Crippen LogP contribution in [0.25, 0.3) is 0 Å². The van der Waals surface area contributed by atoms with Gasteiger partial charge in [-0.1, -0.05) is 175 Å². The van der Waals surface area contributed by atoms with Gasteiger partial charge in [-0.3, -0.25) is 4.79 Å². The molecule has 0 N–H and O–H groups in total. The lowest BCUT2D eigenvalue weighted by atomic mass is 9.95. The molecule has 0 heterocycles. The Bertz CT molecular complexity index is 433. The van der Waals surface area contributed by atoms with E-state index >= 15 is 0 Å². The van der Waals surface area contributed by atoms with Crippen molar-refractivity contribution in [1.29, 1.82) is 0 Å². The van der Waals surface area contributed by atoms with Gasteiger partial charge in [0.05, 0.1) is 12.5 Å². The Labute approximate surface area is 228 Å². The summed E-state index contributed by atoms with van der Waals surface area (Å²) in [6.45, 7) is 9.55. The predicted octanol–water partition coefficient (Wildman–Crippen LogP) is 12.0. The number of carbonyl (C=O) groups excluding carboxylic acids is 1. The number of esters is 1. The van der Waals surface area contributed by atoms with E-state index in [0.29, 0.717) is 12.5 Å². The summed E-state index contributed by atoms with van der Waals surface area (Å²) in [5.41, 5.74) is 0. The average molecular weight is 509 g/mol. The molecule has 2 nitrogen and oxygen atoms in total. The molecule has 0 aliphatic heterocycles. The molecule has 0 rings (SSSR count). The van der Waals surface area contributed by atoms with E-state index in [9.17, 15) is 4.79 Å². The van der Waals surface area contributed by atoms with Gasteiger partial charge in [-0.25, -0.2) is 0 Å². The summed E-state index contributed by atoms with van der Waals surface area (Å²) in [6.07, 6.45) is 34.8. The normalized spacial score (nSPS) is 13.1. The van der Waals surface area contributed by atoms with Gasteiger partial charge in [-0.15, -0.1) is 0 Å². The number of unbranched alkanes of at least 4 members (excludes halogenated alkanes) is 20. The summed E-state index contributed by atoms with van der Waals surface area (Å²) < 4.78 is 5.80. The van der Waals surface area contributed by atoms with Crippen LogP contribution in [0.2, 0.25) is 0 Å². The topological polar surface area (TPSA) is 26.3 Å². The Morgan fingerprint density at radius 1 is 0.472 bits per heavy atom. The third-order valence-electron chi connectivity index (χ3n) is 8.04. The first kappa shape index (κ1) is 35.5. The van der Waals surface area contributed by atoms with Crippen molar-refractivity contribution < 1.29 is 9.53 Å². The predicted molar refractivity (Wildman–Crippen MR) is 161 cm³/mol. The summed E-state index contributed by atoms with van der Waals surface area (Å²) in [5, 5.41) is 0. The monoisotopic (exact) mass is 509 g/mol. The van der Waals surface area contributed by atoms with E-state index in [1.54, 1.807) is 0 Å². The number of rotatable bonds is 29. The quantitative estimate of drug-likeness (QED) is 0.0741. The molecular weight excluding hydrogens is 440 g/mol. The lowest BCUT2D eigenvalue weighted by Crippen LogP contribution is -2.19. The maximum atomic E-state index is 12.5. The summed E-state index contributed by atoms with van der Waals surface area (Å²) in [5.74, 6) is 0.677. The highest BCUT2D eigenvalue weighted by Gasteiger charge is 2.17. The zero-order valence-electron chi connectivity index (χ0n) is 25.6. The van der Waals surface area contributed by atoms with Crippen molar-refractivity contribution in [3.63, 3.8) is 0 Å². The maximum Gasteiger partial charge on any atom is 0.308 e. The second kappa shape index (κ2) is 29.0. The van der Waals surface area contributed by atoms with Crippen molar-refractivity contribution in [2.75, 3.05) is 6.61 Å². The van der Waals surface area contributed by atoms with Crippen molar-refractivity contribution in [3.8, 4) is 0 Å². The van der Waals surface area contributed by atoms with E-state index < -0.39 is 0 Å². The molecule has 0 fully saturated rings. The van der Waals surface area contributed by atoms with Crippen molar-refractivity contribution in [2.45, 2.75) is 195 Å². The minimum Gasteiger partial charge on any atom is -0.465 e. The van der Waals surface area contributed by atoms with Crippen LogP contribution in [0, 0.1) is 11.8 Å². The van der Waals surface area contributed by atoms with Gasteiger partial charge in [0.15, 0.2) is 0 Å². The van der Waals surface area contributed by atoms with Crippen molar-refractivity contribution in [2.24, 2.45) is 11.8 Å². The zero-order valence-corrected chi connectivity index (χ0v) is 25.6. The Kier molecular flexibility index (Phi) is 28.6. The van der Waals surface area contributed by atoms with Gasteiger partial charge >= 0.3 is 5.97 Å². The SMILES string of the molecule is CCCCCCCCCCCCCCCCC(C)C(=O)OCC(CCCC)CCCCCCCCC. The van der Waals surface area contributed by atoms with Crippen molar-refractivity contribution in [3.05, 3.63) is 0 Å². The molecule has 0 radical (unpaired) electrons. The van der Waals surface area contributed by atoms with E-state index in [2.05, 4.69) is 27.7 Å². The number of hydrogen-bond donors (Lipinski definition) is 0. The Hall–Kier alpha value is -0.530. The van der Waals surface area contributed by atoms with Crippen LogP contribution in [-0.2, 0) is 9.53 Å². The first-order chi connectivity index (χ1) is 17.7. The third-order valence-corrected chi connectivity index (χ3v) is 8.04. The lowest BCUT2D eigenvalue weighted by Gasteiger charge is -2.18. The number of carbonyl (C=O) groups is 1. The smallest absolute Gasteiger partial charge is 0.308 e. The fourth-order valence-electron chi connectivity index (χ4n) is 5.30. The summed E-state index contributed by atoms with van der Waals surface area (Å²) in [4.78, 5) is 12.5. The zero-order chi connectivity index (χ0) is 26.5. The van der Waals surface area contributed by atoms with Gasteiger partial charge in [0, 0.05) is 0 Å². The van der Waals surface area contributed by atoms with Gasteiger partial charge in [0.2, 0.25) is 0 Å². The fraction of sp³-hybridized carbons (Fsp3) is 0.971. The van der Waals surface area contributed by atoms with Crippen molar-refractivity contribution in [1.82, 2.24) is 0 Å². The summed E-state index contributed by atoms with van der Waals surface area (Å²) in [6, 6.07) is 0. The van der Waals surface area contributed by atoms with Crippen LogP contribution in [0.4, 0.5) is 0 Å². The van der Waals surface area contributed by atoms with Crippen LogP contribution in [0.5, 0.6) is 0 Å². The van der Waals surface area contributed by atoms with Gasteiger partial charge in [0.1, 0.15) is 0 Å². The van der Waals surface area contributed by atoms with E-state index in [1.165, 1.54) is 161 Å². The van der Waals surface area contributed by atoms with E-state index in [1.807, 2.05) is 0 Å². The van der Waals surface area contributed by atoms with E-state index in [4.69, 9.17) is 4.74 Å². The number of hydrogen-bond acceptors (Lipinski definition) is 2. The first-order valence-corrected chi connectivity index (χ1v) is 16.8. The molecule has 0 aromatic heterocycles. The highest BCUT2D eigenvalue weighted by Crippen LogP contribution is 2.20. The molecule has 0 aliphatic rings. The molecule has 0 aromatic carbocycles. The molecule has 0 saturated carbocycles. The molecule has 216 valence electrons. The second-order valence-corrected chi connectivity index (χ2v) is 11.8. The molecule has 0 spiro atoms. The van der Waals surface area contributed by atoms with E-state index in [0.717, 1.165) is 6.42 Å². The molecule has 0 amide bonds. The standard InChI is InChI=1S/C34H68O2/c1-5-8-11-13-15-16-17-18-19-20-21-23-24-26-28-32(4)34(35)36-31-33(29-10-7-3)30-27-25-22-14-12-9-6-2/h32-33H,5-31H2,1-4H3. The van der Waals surface area contributed by atoms with E-state index in [-0.39, 0.29) is 11.9 Å². The third kappa shape index (κ3) is 25.1.